The first-order valence-corrected chi connectivity index (χ1v) is 7.86. The number of carbonyl (C=O) groups excluding carboxylic acids is 1. The summed E-state index contributed by atoms with van der Waals surface area (Å²) in [6, 6.07) is 5.84. The van der Waals surface area contributed by atoms with Crippen molar-refractivity contribution in [2.24, 2.45) is 5.92 Å². The Morgan fingerprint density at radius 1 is 1.21 bits per heavy atom. The zero-order valence-electron chi connectivity index (χ0n) is 13.0. The zero-order valence-corrected chi connectivity index (χ0v) is 13.8. The van der Waals surface area contributed by atoms with Gasteiger partial charge in [0, 0.05) is 35.6 Å². The predicted octanol–water partition coefficient (Wildman–Crippen LogP) is 3.57. The summed E-state index contributed by atoms with van der Waals surface area (Å²) in [4.78, 5) is 20.8. The maximum Gasteiger partial charge on any atom is 0.228 e. The topological polar surface area (TPSA) is 83.6 Å². The van der Waals surface area contributed by atoms with Crippen molar-refractivity contribution < 1.29 is 4.79 Å². The van der Waals surface area contributed by atoms with Gasteiger partial charge < -0.3 is 5.32 Å². The Morgan fingerprint density at radius 3 is 2.79 bits per heavy atom. The van der Waals surface area contributed by atoms with Gasteiger partial charge in [-0.1, -0.05) is 18.9 Å². The summed E-state index contributed by atoms with van der Waals surface area (Å²) in [6.45, 7) is 0. The fourth-order valence-corrected chi connectivity index (χ4v) is 3.10. The fraction of sp³-hybridized carbons (Fsp3) is 0.294. The van der Waals surface area contributed by atoms with Crippen LogP contribution in [0.2, 0.25) is 0 Å². The number of fused-ring (bicyclic) bond motifs is 1. The van der Waals surface area contributed by atoms with Crippen LogP contribution in [0.15, 0.2) is 36.8 Å². The molecule has 6 nitrogen and oxygen atoms in total. The van der Waals surface area contributed by atoms with Gasteiger partial charge in [-0.3, -0.25) is 14.9 Å². The van der Waals surface area contributed by atoms with Crippen molar-refractivity contribution in [2.45, 2.75) is 25.7 Å². The molecule has 7 heteroatoms. The fourth-order valence-electron chi connectivity index (χ4n) is 3.10. The van der Waals surface area contributed by atoms with E-state index in [1.54, 1.807) is 18.6 Å². The number of hydrogen-bond donors (Lipinski definition) is 2. The van der Waals surface area contributed by atoms with Gasteiger partial charge in [0.05, 0.1) is 5.39 Å². The molecule has 0 unspecified atom stereocenters. The largest absolute Gasteiger partial charge is 0.310 e. The molecular weight excluding hydrogens is 326 g/mol. The van der Waals surface area contributed by atoms with E-state index in [4.69, 9.17) is 0 Å². The minimum atomic E-state index is 0. The van der Waals surface area contributed by atoms with Gasteiger partial charge in [-0.05, 0) is 25.0 Å². The lowest BCUT2D eigenvalue weighted by molar-refractivity contribution is -0.119. The Bertz CT molecular complexity index is 843. The van der Waals surface area contributed by atoms with Crippen LogP contribution in [0.4, 0.5) is 5.82 Å². The van der Waals surface area contributed by atoms with Crippen molar-refractivity contribution in [3.05, 3.63) is 36.8 Å². The van der Waals surface area contributed by atoms with Crippen molar-refractivity contribution in [3.63, 3.8) is 0 Å². The van der Waals surface area contributed by atoms with Crippen molar-refractivity contribution in [1.29, 1.82) is 0 Å². The third-order valence-corrected chi connectivity index (χ3v) is 4.38. The van der Waals surface area contributed by atoms with Crippen molar-refractivity contribution in [2.75, 3.05) is 5.32 Å². The smallest absolute Gasteiger partial charge is 0.228 e. The number of aromatic nitrogens is 4. The average molecular weight is 344 g/mol. The molecule has 1 amide bonds. The van der Waals surface area contributed by atoms with Crippen LogP contribution in [-0.4, -0.2) is 26.1 Å². The molecule has 1 fully saturated rings. The first-order chi connectivity index (χ1) is 11.3. The molecule has 0 bridgehead atoms. The van der Waals surface area contributed by atoms with Crippen LogP contribution in [0.1, 0.15) is 25.7 Å². The lowest BCUT2D eigenvalue weighted by atomic mass is 10.1. The van der Waals surface area contributed by atoms with E-state index in [1.807, 2.05) is 18.2 Å². The van der Waals surface area contributed by atoms with Gasteiger partial charge in [-0.15, -0.1) is 12.4 Å². The number of H-pyrrole nitrogens is 1. The number of carbonyl (C=O) groups is 1. The number of amides is 1. The quantitative estimate of drug-likeness (QED) is 0.761. The Kier molecular flexibility index (Phi) is 4.76. The van der Waals surface area contributed by atoms with E-state index in [0.29, 0.717) is 11.5 Å². The summed E-state index contributed by atoms with van der Waals surface area (Å²) in [6.07, 6.45) is 9.50. The van der Waals surface area contributed by atoms with Crippen molar-refractivity contribution in [1.82, 2.24) is 20.2 Å². The number of hydrogen-bond acceptors (Lipinski definition) is 4. The Hall–Kier alpha value is -2.47. The van der Waals surface area contributed by atoms with E-state index in [1.165, 1.54) is 0 Å². The number of halogens is 1. The van der Waals surface area contributed by atoms with E-state index in [0.717, 1.165) is 42.2 Å². The molecule has 1 saturated carbocycles. The van der Waals surface area contributed by atoms with Crippen LogP contribution in [0.25, 0.3) is 22.2 Å². The minimum absolute atomic E-state index is 0. The molecule has 1 aliphatic carbocycles. The number of aromatic amines is 1. The number of nitrogens with zero attached hydrogens (tertiary/aromatic N) is 3. The summed E-state index contributed by atoms with van der Waals surface area (Å²) in [5, 5.41) is 10.8. The Balaban J connectivity index is 0.00000169. The van der Waals surface area contributed by atoms with Gasteiger partial charge in [0.1, 0.15) is 5.82 Å². The summed E-state index contributed by atoms with van der Waals surface area (Å²) >= 11 is 0. The van der Waals surface area contributed by atoms with Crippen LogP contribution >= 0.6 is 12.4 Å². The molecule has 0 aliphatic heterocycles. The number of anilines is 1. The second-order valence-corrected chi connectivity index (χ2v) is 5.91. The number of nitrogens with one attached hydrogen (secondary N) is 2. The molecule has 4 rings (SSSR count). The Labute approximate surface area is 145 Å². The van der Waals surface area contributed by atoms with Crippen LogP contribution < -0.4 is 5.32 Å². The monoisotopic (exact) mass is 343 g/mol. The standard InChI is InChI=1S/C17H17N5O.ClH/c23-17(11-4-1-2-5-11)20-16-14-8-13(10-19-15(14)21-22-16)12-6-3-7-18-9-12;/h3,6-11H,1-2,4-5H2,(H2,19,20,21,22,23);1H. The summed E-state index contributed by atoms with van der Waals surface area (Å²) in [7, 11) is 0. The predicted molar refractivity (Wildman–Crippen MR) is 95.0 cm³/mol. The highest BCUT2D eigenvalue weighted by Gasteiger charge is 2.23. The minimum Gasteiger partial charge on any atom is -0.310 e. The third-order valence-electron chi connectivity index (χ3n) is 4.38. The Morgan fingerprint density at radius 2 is 2.04 bits per heavy atom. The normalized spacial score (nSPS) is 14.5. The van der Waals surface area contributed by atoms with E-state index in [-0.39, 0.29) is 24.2 Å². The maximum absolute atomic E-state index is 12.3. The molecular formula is C17H18ClN5O. The molecule has 0 saturated heterocycles. The van der Waals surface area contributed by atoms with Crippen LogP contribution in [0, 0.1) is 5.92 Å². The summed E-state index contributed by atoms with van der Waals surface area (Å²) < 4.78 is 0. The van der Waals surface area contributed by atoms with Crippen molar-refractivity contribution in [3.8, 4) is 11.1 Å². The molecule has 124 valence electrons. The lowest BCUT2D eigenvalue weighted by Crippen LogP contribution is -2.20. The SMILES string of the molecule is Cl.O=C(Nc1[nH]nc2ncc(-c3cccnc3)cc12)C1CCCC1. The molecule has 0 spiro atoms. The van der Waals surface area contributed by atoms with Crippen molar-refractivity contribution >= 4 is 35.2 Å². The highest BCUT2D eigenvalue weighted by Crippen LogP contribution is 2.28. The molecule has 1 aliphatic rings. The van der Waals surface area contributed by atoms with E-state index < -0.39 is 0 Å². The van der Waals surface area contributed by atoms with E-state index in [9.17, 15) is 4.79 Å². The first-order valence-electron chi connectivity index (χ1n) is 7.86. The molecule has 0 aromatic carbocycles. The first kappa shape index (κ1) is 16.4. The lowest BCUT2D eigenvalue weighted by Gasteiger charge is -2.09. The third kappa shape index (κ3) is 3.10. The van der Waals surface area contributed by atoms with Gasteiger partial charge in [-0.25, -0.2) is 4.98 Å². The van der Waals surface area contributed by atoms with E-state index >= 15 is 0 Å². The number of rotatable bonds is 3. The molecule has 0 radical (unpaired) electrons. The van der Waals surface area contributed by atoms with E-state index in [2.05, 4.69) is 25.5 Å². The average Bonchev–Trinajstić information content (AvgIpc) is 3.25. The van der Waals surface area contributed by atoms with Crippen LogP contribution in [0.5, 0.6) is 0 Å². The number of pyridine rings is 2. The molecule has 3 aromatic heterocycles. The molecule has 24 heavy (non-hydrogen) atoms. The maximum atomic E-state index is 12.3. The zero-order chi connectivity index (χ0) is 15.6. The van der Waals surface area contributed by atoms with Gasteiger partial charge in [0.2, 0.25) is 5.91 Å². The highest BCUT2D eigenvalue weighted by molar-refractivity contribution is 6.00. The van der Waals surface area contributed by atoms with Gasteiger partial charge in [-0.2, -0.15) is 5.10 Å². The van der Waals surface area contributed by atoms with Crippen LogP contribution in [0.3, 0.4) is 0 Å². The van der Waals surface area contributed by atoms with Crippen LogP contribution in [-0.2, 0) is 4.79 Å². The second kappa shape index (κ2) is 6.97. The summed E-state index contributed by atoms with van der Waals surface area (Å²) in [5.74, 6) is 0.804. The van der Waals surface area contributed by atoms with Gasteiger partial charge >= 0.3 is 0 Å². The molecule has 3 aromatic rings. The summed E-state index contributed by atoms with van der Waals surface area (Å²) in [5.41, 5.74) is 2.53. The molecule has 0 atom stereocenters. The van der Waals surface area contributed by atoms with Gasteiger partial charge in [0.15, 0.2) is 5.65 Å². The highest BCUT2D eigenvalue weighted by atomic mass is 35.5. The molecule has 3 heterocycles. The van der Waals surface area contributed by atoms with Gasteiger partial charge in [0.25, 0.3) is 0 Å². The second-order valence-electron chi connectivity index (χ2n) is 5.91. The molecule has 2 N–H and O–H groups in total.